The highest BCUT2D eigenvalue weighted by molar-refractivity contribution is 9.10. The molecular weight excluding hydrogens is 336 g/mol. The molecule has 0 aliphatic heterocycles. The largest absolute Gasteiger partial charge is 0.466 e. The van der Waals surface area contributed by atoms with Crippen LogP contribution in [-0.4, -0.2) is 12.0 Å². The lowest BCUT2D eigenvalue weighted by atomic mass is 10.1. The second-order valence-electron chi connectivity index (χ2n) is 3.22. The first-order valence-electron chi connectivity index (χ1n) is 4.74. The molecule has 0 saturated heterocycles. The lowest BCUT2D eigenvalue weighted by Crippen LogP contribution is -2.19. The summed E-state index contributed by atoms with van der Waals surface area (Å²) in [5, 5.41) is 3.19. The molecule has 2 aromatic heterocycles. The van der Waals surface area contributed by atoms with Gasteiger partial charge in [0.15, 0.2) is 0 Å². The molecule has 0 amide bonds. The van der Waals surface area contributed by atoms with Gasteiger partial charge in [0.05, 0.1) is 16.4 Å². The van der Waals surface area contributed by atoms with E-state index in [-0.39, 0.29) is 6.04 Å². The molecule has 0 aliphatic carbocycles. The maximum atomic E-state index is 5.46. The second kappa shape index (κ2) is 5.12. The number of nitrogens with one attached hydrogen (secondary N) is 1. The minimum atomic E-state index is -0.0695. The van der Waals surface area contributed by atoms with E-state index in [4.69, 9.17) is 4.42 Å². The summed E-state index contributed by atoms with van der Waals surface area (Å²) in [5.41, 5.74) is 0.903. The standard InChI is InChI=1S/C11H10Br2N2O/c1-14-10(11-8(13)4-6-16-11)9-7(12)3-2-5-15-9/h2-6,10,14H,1H3. The van der Waals surface area contributed by atoms with Gasteiger partial charge in [-0.2, -0.15) is 0 Å². The zero-order valence-electron chi connectivity index (χ0n) is 8.58. The van der Waals surface area contributed by atoms with E-state index in [1.54, 1.807) is 12.5 Å². The molecule has 2 rings (SSSR count). The Morgan fingerprint density at radius 3 is 2.69 bits per heavy atom. The van der Waals surface area contributed by atoms with Gasteiger partial charge in [-0.1, -0.05) is 0 Å². The molecule has 16 heavy (non-hydrogen) atoms. The van der Waals surface area contributed by atoms with Crippen LogP contribution in [0, 0.1) is 0 Å². The van der Waals surface area contributed by atoms with Crippen molar-refractivity contribution < 1.29 is 4.42 Å². The molecule has 1 atom stereocenters. The number of rotatable bonds is 3. The molecule has 0 fully saturated rings. The van der Waals surface area contributed by atoms with E-state index in [1.807, 2.05) is 25.2 Å². The van der Waals surface area contributed by atoms with Crippen molar-refractivity contribution in [3.8, 4) is 0 Å². The van der Waals surface area contributed by atoms with Gasteiger partial charge in [-0.25, -0.2) is 0 Å². The van der Waals surface area contributed by atoms with Gasteiger partial charge in [0.2, 0.25) is 0 Å². The Balaban J connectivity index is 2.45. The summed E-state index contributed by atoms with van der Waals surface area (Å²) in [4.78, 5) is 4.36. The molecular formula is C11H10Br2N2O. The van der Waals surface area contributed by atoms with Crippen LogP contribution in [0.1, 0.15) is 17.5 Å². The van der Waals surface area contributed by atoms with Gasteiger partial charge in [0.25, 0.3) is 0 Å². The molecule has 0 spiro atoms. The van der Waals surface area contributed by atoms with E-state index in [1.165, 1.54) is 0 Å². The first-order chi connectivity index (χ1) is 7.74. The van der Waals surface area contributed by atoms with Crippen molar-refractivity contribution in [1.29, 1.82) is 0 Å². The maximum Gasteiger partial charge on any atom is 0.140 e. The van der Waals surface area contributed by atoms with Crippen LogP contribution in [0.5, 0.6) is 0 Å². The molecule has 0 radical (unpaired) electrons. The Kier molecular flexibility index (Phi) is 3.78. The predicted octanol–water partition coefficient (Wildman–Crippen LogP) is 3.51. The number of hydrogen-bond donors (Lipinski definition) is 1. The number of hydrogen-bond acceptors (Lipinski definition) is 3. The predicted molar refractivity (Wildman–Crippen MR) is 69.2 cm³/mol. The molecule has 2 heterocycles. The molecule has 0 saturated carbocycles. The third-order valence-electron chi connectivity index (χ3n) is 2.26. The minimum Gasteiger partial charge on any atom is -0.466 e. The normalized spacial score (nSPS) is 12.7. The Labute approximate surface area is 111 Å². The van der Waals surface area contributed by atoms with Crippen LogP contribution in [-0.2, 0) is 0 Å². The summed E-state index contributed by atoms with van der Waals surface area (Å²) < 4.78 is 7.35. The fraction of sp³-hybridized carbons (Fsp3) is 0.182. The third-order valence-corrected chi connectivity index (χ3v) is 3.58. The maximum absolute atomic E-state index is 5.46. The summed E-state index contributed by atoms with van der Waals surface area (Å²) in [6.07, 6.45) is 3.42. The Morgan fingerprint density at radius 2 is 2.12 bits per heavy atom. The Morgan fingerprint density at radius 1 is 1.31 bits per heavy atom. The average molecular weight is 346 g/mol. The summed E-state index contributed by atoms with van der Waals surface area (Å²) in [6.45, 7) is 0. The van der Waals surface area contributed by atoms with Crippen molar-refractivity contribution in [2.45, 2.75) is 6.04 Å². The topological polar surface area (TPSA) is 38.1 Å². The number of aromatic nitrogens is 1. The Hall–Kier alpha value is -0.650. The van der Waals surface area contributed by atoms with E-state index >= 15 is 0 Å². The molecule has 5 heteroatoms. The first kappa shape index (κ1) is 11.8. The summed E-state index contributed by atoms with van der Waals surface area (Å²) in [7, 11) is 1.88. The Bertz CT molecular complexity index is 484. The van der Waals surface area contributed by atoms with Crippen molar-refractivity contribution in [3.63, 3.8) is 0 Å². The zero-order chi connectivity index (χ0) is 11.5. The highest BCUT2D eigenvalue weighted by Crippen LogP contribution is 2.31. The van der Waals surface area contributed by atoms with E-state index in [0.717, 1.165) is 20.4 Å². The van der Waals surface area contributed by atoms with E-state index < -0.39 is 0 Å². The van der Waals surface area contributed by atoms with Crippen LogP contribution >= 0.6 is 31.9 Å². The molecule has 0 aromatic carbocycles. The quantitative estimate of drug-likeness (QED) is 0.925. The molecule has 84 valence electrons. The summed E-state index contributed by atoms with van der Waals surface area (Å²) in [5.74, 6) is 0.821. The molecule has 2 aromatic rings. The molecule has 3 nitrogen and oxygen atoms in total. The highest BCUT2D eigenvalue weighted by atomic mass is 79.9. The molecule has 0 bridgehead atoms. The van der Waals surface area contributed by atoms with E-state index in [2.05, 4.69) is 42.2 Å². The molecule has 1 N–H and O–H groups in total. The van der Waals surface area contributed by atoms with E-state index in [0.29, 0.717) is 0 Å². The average Bonchev–Trinajstić information content (AvgIpc) is 2.69. The van der Waals surface area contributed by atoms with Crippen LogP contribution in [0.15, 0.2) is 44.0 Å². The summed E-state index contributed by atoms with van der Waals surface area (Å²) >= 11 is 6.94. The van der Waals surface area contributed by atoms with Gasteiger partial charge < -0.3 is 9.73 Å². The number of nitrogens with zero attached hydrogens (tertiary/aromatic N) is 1. The zero-order valence-corrected chi connectivity index (χ0v) is 11.7. The van der Waals surface area contributed by atoms with Crippen molar-refractivity contribution in [2.75, 3.05) is 7.05 Å². The lowest BCUT2D eigenvalue weighted by Gasteiger charge is -2.15. The SMILES string of the molecule is CNC(c1ncccc1Br)c1occc1Br. The van der Waals surface area contributed by atoms with Gasteiger partial charge in [0.1, 0.15) is 11.8 Å². The first-order valence-corrected chi connectivity index (χ1v) is 6.33. The fourth-order valence-corrected chi connectivity index (χ4v) is 2.43. The van der Waals surface area contributed by atoms with Crippen LogP contribution in [0.25, 0.3) is 0 Å². The van der Waals surface area contributed by atoms with Gasteiger partial charge in [0, 0.05) is 10.7 Å². The molecule has 1 unspecified atom stereocenters. The van der Waals surface area contributed by atoms with Crippen LogP contribution in [0.4, 0.5) is 0 Å². The monoisotopic (exact) mass is 344 g/mol. The minimum absolute atomic E-state index is 0.0695. The van der Waals surface area contributed by atoms with Crippen LogP contribution in [0.2, 0.25) is 0 Å². The smallest absolute Gasteiger partial charge is 0.140 e. The summed E-state index contributed by atoms with van der Waals surface area (Å²) in [6, 6.07) is 5.65. The van der Waals surface area contributed by atoms with Gasteiger partial charge in [-0.15, -0.1) is 0 Å². The van der Waals surface area contributed by atoms with Crippen molar-refractivity contribution in [1.82, 2.24) is 10.3 Å². The van der Waals surface area contributed by atoms with Gasteiger partial charge in [-0.3, -0.25) is 4.98 Å². The third kappa shape index (κ3) is 2.21. The number of furan rings is 1. The van der Waals surface area contributed by atoms with Crippen molar-refractivity contribution in [2.24, 2.45) is 0 Å². The van der Waals surface area contributed by atoms with Gasteiger partial charge >= 0.3 is 0 Å². The van der Waals surface area contributed by atoms with Crippen LogP contribution in [0.3, 0.4) is 0 Å². The van der Waals surface area contributed by atoms with Crippen molar-refractivity contribution in [3.05, 3.63) is 51.1 Å². The molecule has 0 aliphatic rings. The lowest BCUT2D eigenvalue weighted by molar-refractivity contribution is 0.455. The highest BCUT2D eigenvalue weighted by Gasteiger charge is 2.21. The van der Waals surface area contributed by atoms with Gasteiger partial charge in [-0.05, 0) is 57.1 Å². The number of halogens is 2. The van der Waals surface area contributed by atoms with Crippen molar-refractivity contribution >= 4 is 31.9 Å². The van der Waals surface area contributed by atoms with Crippen LogP contribution < -0.4 is 5.32 Å². The second-order valence-corrected chi connectivity index (χ2v) is 4.93. The van der Waals surface area contributed by atoms with E-state index in [9.17, 15) is 0 Å². The fourth-order valence-electron chi connectivity index (χ4n) is 1.51. The number of pyridine rings is 1.